The molecule has 1 aliphatic rings. The minimum Gasteiger partial charge on any atom is -0.399 e. The van der Waals surface area contributed by atoms with E-state index in [-0.39, 0.29) is 0 Å². The Bertz CT molecular complexity index is 418. The predicted octanol–water partition coefficient (Wildman–Crippen LogP) is 2.39. The molecule has 1 aromatic rings. The highest BCUT2D eigenvalue weighted by molar-refractivity contribution is 8.00. The second-order valence-corrected chi connectivity index (χ2v) is 6.16. The Balaban J connectivity index is 2.04. The van der Waals surface area contributed by atoms with Gasteiger partial charge < -0.3 is 16.4 Å². The van der Waals surface area contributed by atoms with E-state index in [9.17, 15) is 0 Å². The molecule has 4 N–H and O–H groups in total. The van der Waals surface area contributed by atoms with Crippen molar-refractivity contribution < 1.29 is 0 Å². The van der Waals surface area contributed by atoms with Crippen LogP contribution in [0.5, 0.6) is 0 Å². The van der Waals surface area contributed by atoms with E-state index in [1.165, 1.54) is 23.4 Å². The number of fused-ring (bicyclic) bond motifs is 1. The molecule has 4 nitrogen and oxygen atoms in total. The lowest BCUT2D eigenvalue weighted by atomic mass is 10.1. The Morgan fingerprint density at radius 2 is 2.32 bits per heavy atom. The summed E-state index contributed by atoms with van der Waals surface area (Å²) in [6, 6.07) is 6.62. The number of nitrogens with one attached hydrogen (secondary N) is 2. The van der Waals surface area contributed by atoms with Gasteiger partial charge in [0.2, 0.25) is 0 Å². The number of nitrogens with zero attached hydrogens (tertiary/aromatic N) is 1. The number of anilines is 2. The lowest BCUT2D eigenvalue weighted by Crippen LogP contribution is -2.45. The van der Waals surface area contributed by atoms with E-state index in [2.05, 4.69) is 35.6 Å². The van der Waals surface area contributed by atoms with E-state index >= 15 is 0 Å². The summed E-state index contributed by atoms with van der Waals surface area (Å²) in [4.78, 5) is 3.66. The molecule has 0 bridgehead atoms. The highest BCUT2D eigenvalue weighted by Crippen LogP contribution is 2.40. The Labute approximate surface area is 120 Å². The quantitative estimate of drug-likeness (QED) is 0.699. The van der Waals surface area contributed by atoms with E-state index in [0.29, 0.717) is 11.5 Å². The van der Waals surface area contributed by atoms with Crippen molar-refractivity contribution in [2.75, 3.05) is 31.7 Å². The number of benzene rings is 1. The van der Waals surface area contributed by atoms with E-state index in [4.69, 9.17) is 5.73 Å². The number of likely N-dealkylation sites (N-methyl/N-ethyl adjacent to an activating group) is 2. The van der Waals surface area contributed by atoms with Crippen LogP contribution in [0.15, 0.2) is 23.1 Å². The van der Waals surface area contributed by atoms with Crippen LogP contribution in [0.1, 0.15) is 19.8 Å². The van der Waals surface area contributed by atoms with Crippen LogP contribution >= 0.6 is 11.8 Å². The number of nitrogen functional groups attached to an aromatic ring is 1. The summed E-state index contributed by atoms with van der Waals surface area (Å²) in [7, 11) is 4.21. The second kappa shape index (κ2) is 6.50. The third-order valence-corrected chi connectivity index (χ3v) is 4.80. The lowest BCUT2D eigenvalue weighted by Gasteiger charge is -2.32. The first kappa shape index (κ1) is 14.5. The minimum absolute atomic E-state index is 0.293. The van der Waals surface area contributed by atoms with Crippen LogP contribution in [-0.4, -0.2) is 37.1 Å². The van der Waals surface area contributed by atoms with Crippen LogP contribution in [0.4, 0.5) is 11.4 Å². The molecule has 0 fully saturated rings. The van der Waals surface area contributed by atoms with Crippen molar-refractivity contribution in [3.05, 3.63) is 18.2 Å². The Hall–Kier alpha value is -0.910. The molecule has 106 valence electrons. The molecule has 5 heteroatoms. The van der Waals surface area contributed by atoms with Crippen molar-refractivity contribution in [3.8, 4) is 0 Å². The molecule has 0 spiro atoms. The first-order chi connectivity index (χ1) is 9.15. The monoisotopic (exact) mass is 280 g/mol. The molecule has 0 aromatic heterocycles. The Morgan fingerprint density at radius 3 is 3.00 bits per heavy atom. The van der Waals surface area contributed by atoms with Crippen molar-refractivity contribution >= 4 is 23.1 Å². The van der Waals surface area contributed by atoms with Gasteiger partial charge in [0.15, 0.2) is 0 Å². The normalized spacial score (nSPS) is 19.3. The smallest absolute Gasteiger partial charge is 0.133 e. The standard InChI is InChI=1S/C14H24N4S/c1-4-5-11(9-16-2)18(3)14-17-12-7-6-10(15)8-13(12)19-14/h6-8,11,14,16-17H,4-5,9,15H2,1-3H3. The molecule has 2 atom stereocenters. The highest BCUT2D eigenvalue weighted by atomic mass is 32.2. The van der Waals surface area contributed by atoms with Gasteiger partial charge in [-0.3, -0.25) is 4.90 Å². The number of hydrogen-bond donors (Lipinski definition) is 3. The van der Waals surface area contributed by atoms with Gasteiger partial charge in [0.1, 0.15) is 5.50 Å². The first-order valence-electron chi connectivity index (χ1n) is 6.85. The van der Waals surface area contributed by atoms with Crippen LogP contribution in [0, 0.1) is 0 Å². The summed E-state index contributed by atoms with van der Waals surface area (Å²) in [5.74, 6) is 0. The van der Waals surface area contributed by atoms with Gasteiger partial charge in [0.25, 0.3) is 0 Å². The second-order valence-electron chi connectivity index (χ2n) is 5.04. The van der Waals surface area contributed by atoms with E-state index < -0.39 is 0 Å². The van der Waals surface area contributed by atoms with E-state index in [0.717, 1.165) is 12.2 Å². The molecule has 2 rings (SSSR count). The third kappa shape index (κ3) is 3.35. The summed E-state index contributed by atoms with van der Waals surface area (Å²) in [5.41, 5.74) is 8.16. The van der Waals surface area contributed by atoms with Gasteiger partial charge in [-0.2, -0.15) is 0 Å². The third-order valence-electron chi connectivity index (χ3n) is 3.53. The van der Waals surface area contributed by atoms with Gasteiger partial charge in [0.05, 0.1) is 0 Å². The van der Waals surface area contributed by atoms with Crippen LogP contribution in [0.25, 0.3) is 0 Å². The van der Waals surface area contributed by atoms with Crippen LogP contribution in [0.2, 0.25) is 0 Å². The van der Waals surface area contributed by atoms with Crippen molar-refractivity contribution in [1.29, 1.82) is 0 Å². The number of rotatable bonds is 6. The van der Waals surface area contributed by atoms with Gasteiger partial charge >= 0.3 is 0 Å². The average Bonchev–Trinajstić information content (AvgIpc) is 2.80. The maximum absolute atomic E-state index is 5.84. The van der Waals surface area contributed by atoms with Gasteiger partial charge in [-0.15, -0.1) is 0 Å². The molecular formula is C14H24N4S. The van der Waals surface area contributed by atoms with Crippen molar-refractivity contribution in [2.24, 2.45) is 0 Å². The molecule has 1 aromatic carbocycles. The zero-order valence-corrected chi connectivity index (χ0v) is 12.8. The summed E-state index contributed by atoms with van der Waals surface area (Å²) in [5, 5.41) is 6.85. The summed E-state index contributed by atoms with van der Waals surface area (Å²) in [6.07, 6.45) is 2.41. The molecule has 2 unspecified atom stereocenters. The molecule has 1 aliphatic heterocycles. The van der Waals surface area contributed by atoms with Gasteiger partial charge in [-0.05, 0) is 38.7 Å². The fourth-order valence-electron chi connectivity index (χ4n) is 2.43. The number of nitrogens with two attached hydrogens (primary N) is 1. The molecule has 1 heterocycles. The van der Waals surface area contributed by atoms with Crippen LogP contribution in [-0.2, 0) is 0 Å². The number of thioether (sulfide) groups is 1. The predicted molar refractivity (Wildman–Crippen MR) is 84.5 cm³/mol. The summed E-state index contributed by atoms with van der Waals surface area (Å²) in [6.45, 7) is 3.25. The zero-order chi connectivity index (χ0) is 13.8. The Kier molecular flexibility index (Phi) is 4.96. The average molecular weight is 280 g/mol. The zero-order valence-electron chi connectivity index (χ0n) is 11.9. The van der Waals surface area contributed by atoms with Crippen LogP contribution in [0.3, 0.4) is 0 Å². The SMILES string of the molecule is CCCC(CNC)N(C)C1Nc2ccc(N)cc2S1. The molecule has 0 amide bonds. The van der Waals surface area contributed by atoms with E-state index in [1.54, 1.807) is 0 Å². The summed E-state index contributed by atoms with van der Waals surface area (Å²) >= 11 is 1.85. The fourth-order valence-corrected chi connectivity index (χ4v) is 3.66. The molecule has 0 aliphatic carbocycles. The van der Waals surface area contributed by atoms with Crippen molar-refractivity contribution in [2.45, 2.75) is 36.2 Å². The maximum atomic E-state index is 5.84. The minimum atomic E-state index is 0.293. The highest BCUT2D eigenvalue weighted by Gasteiger charge is 2.28. The van der Waals surface area contributed by atoms with Gasteiger partial charge in [-0.25, -0.2) is 0 Å². The van der Waals surface area contributed by atoms with Gasteiger partial charge in [-0.1, -0.05) is 25.1 Å². The van der Waals surface area contributed by atoms with E-state index in [1.807, 2.05) is 30.9 Å². The molecule has 0 saturated heterocycles. The number of hydrogen-bond acceptors (Lipinski definition) is 5. The molecule has 19 heavy (non-hydrogen) atoms. The molecule has 0 saturated carbocycles. The Morgan fingerprint density at radius 1 is 1.53 bits per heavy atom. The lowest BCUT2D eigenvalue weighted by molar-refractivity contribution is 0.224. The summed E-state index contributed by atoms with van der Waals surface area (Å²) < 4.78 is 0. The largest absolute Gasteiger partial charge is 0.399 e. The first-order valence-corrected chi connectivity index (χ1v) is 7.73. The molecule has 0 radical (unpaired) electrons. The fraction of sp³-hybridized carbons (Fsp3) is 0.571. The van der Waals surface area contributed by atoms with Gasteiger partial charge in [0, 0.05) is 28.9 Å². The topological polar surface area (TPSA) is 53.3 Å². The van der Waals surface area contributed by atoms with Crippen molar-refractivity contribution in [1.82, 2.24) is 10.2 Å². The van der Waals surface area contributed by atoms with Crippen LogP contribution < -0.4 is 16.4 Å². The van der Waals surface area contributed by atoms with Crippen molar-refractivity contribution in [3.63, 3.8) is 0 Å². The molecular weight excluding hydrogens is 256 g/mol. The maximum Gasteiger partial charge on any atom is 0.133 e.